The number of aliphatic carboxylic acids is 1. The number of nitrogens with two attached hydrogens (primary N) is 1. The molecule has 6 heteroatoms. The van der Waals surface area contributed by atoms with Gasteiger partial charge in [-0.05, 0) is 19.4 Å². The fourth-order valence-corrected chi connectivity index (χ4v) is 1.83. The van der Waals surface area contributed by atoms with Crippen LogP contribution in [-0.2, 0) is 9.59 Å². The van der Waals surface area contributed by atoms with E-state index in [0.29, 0.717) is 5.75 Å². The molecule has 0 aliphatic heterocycles. The Hall–Kier alpha value is -2.08. The standard InChI is InChI=1S/C14H20N2O4/c1-9(10-5-3-4-6-12(10)20-2)16-14(19)11(15)7-8-13(17)18/h3-6,9,11H,7-8,15H2,1-2H3,(H,16,19)(H,17,18)/t9-,11?/m1/s1. The van der Waals surface area contributed by atoms with E-state index >= 15 is 0 Å². The van der Waals surface area contributed by atoms with E-state index in [1.165, 1.54) is 0 Å². The van der Waals surface area contributed by atoms with Gasteiger partial charge in [0.1, 0.15) is 5.75 Å². The van der Waals surface area contributed by atoms with E-state index in [9.17, 15) is 9.59 Å². The molecular weight excluding hydrogens is 260 g/mol. The number of para-hydroxylation sites is 1. The normalized spacial score (nSPS) is 13.3. The van der Waals surface area contributed by atoms with Crippen LogP contribution in [0.15, 0.2) is 24.3 Å². The van der Waals surface area contributed by atoms with Crippen molar-refractivity contribution in [3.63, 3.8) is 0 Å². The zero-order valence-corrected chi connectivity index (χ0v) is 11.6. The van der Waals surface area contributed by atoms with Gasteiger partial charge in [0.15, 0.2) is 0 Å². The van der Waals surface area contributed by atoms with E-state index in [1.54, 1.807) is 7.11 Å². The first-order chi connectivity index (χ1) is 9.45. The Bertz CT molecular complexity index is 476. The monoisotopic (exact) mass is 280 g/mol. The van der Waals surface area contributed by atoms with Crippen LogP contribution in [0.25, 0.3) is 0 Å². The molecular formula is C14H20N2O4. The molecule has 1 unspecified atom stereocenters. The first-order valence-electron chi connectivity index (χ1n) is 6.36. The zero-order valence-electron chi connectivity index (χ0n) is 11.6. The largest absolute Gasteiger partial charge is 0.496 e. The van der Waals surface area contributed by atoms with Gasteiger partial charge in [0, 0.05) is 12.0 Å². The predicted octanol–water partition coefficient (Wildman–Crippen LogP) is 1.06. The van der Waals surface area contributed by atoms with Crippen LogP contribution in [0.4, 0.5) is 0 Å². The van der Waals surface area contributed by atoms with E-state index in [-0.39, 0.29) is 24.8 Å². The highest BCUT2D eigenvalue weighted by Gasteiger charge is 2.19. The summed E-state index contributed by atoms with van der Waals surface area (Å²) < 4.78 is 5.23. The maximum absolute atomic E-state index is 11.9. The third-order valence-electron chi connectivity index (χ3n) is 2.97. The Morgan fingerprint density at radius 3 is 2.65 bits per heavy atom. The van der Waals surface area contributed by atoms with E-state index < -0.39 is 12.0 Å². The highest BCUT2D eigenvalue weighted by molar-refractivity contribution is 5.82. The highest BCUT2D eigenvalue weighted by atomic mass is 16.5. The van der Waals surface area contributed by atoms with Crippen molar-refractivity contribution >= 4 is 11.9 Å². The minimum atomic E-state index is -0.967. The highest BCUT2D eigenvalue weighted by Crippen LogP contribution is 2.24. The average Bonchev–Trinajstić information content (AvgIpc) is 2.44. The number of benzene rings is 1. The molecule has 1 rings (SSSR count). The van der Waals surface area contributed by atoms with Crippen molar-refractivity contribution in [3.05, 3.63) is 29.8 Å². The van der Waals surface area contributed by atoms with Crippen LogP contribution >= 0.6 is 0 Å². The van der Waals surface area contributed by atoms with Crippen molar-refractivity contribution in [2.45, 2.75) is 31.8 Å². The first-order valence-corrected chi connectivity index (χ1v) is 6.36. The summed E-state index contributed by atoms with van der Waals surface area (Å²) in [7, 11) is 1.56. The molecule has 0 aliphatic rings. The van der Waals surface area contributed by atoms with Gasteiger partial charge in [0.25, 0.3) is 0 Å². The number of rotatable bonds is 7. The zero-order chi connectivity index (χ0) is 15.1. The molecule has 20 heavy (non-hydrogen) atoms. The van der Waals surface area contributed by atoms with Crippen molar-refractivity contribution in [2.24, 2.45) is 5.73 Å². The minimum Gasteiger partial charge on any atom is -0.496 e. The van der Waals surface area contributed by atoms with Gasteiger partial charge in [-0.1, -0.05) is 18.2 Å². The van der Waals surface area contributed by atoms with Crippen LogP contribution in [-0.4, -0.2) is 30.1 Å². The van der Waals surface area contributed by atoms with E-state index in [0.717, 1.165) is 5.56 Å². The molecule has 0 radical (unpaired) electrons. The van der Waals surface area contributed by atoms with Crippen molar-refractivity contribution in [1.82, 2.24) is 5.32 Å². The lowest BCUT2D eigenvalue weighted by Gasteiger charge is -2.19. The van der Waals surface area contributed by atoms with E-state index in [1.807, 2.05) is 31.2 Å². The van der Waals surface area contributed by atoms with Gasteiger partial charge in [0.05, 0.1) is 19.2 Å². The summed E-state index contributed by atoms with van der Waals surface area (Å²) >= 11 is 0. The SMILES string of the molecule is COc1ccccc1[C@@H](C)NC(=O)C(N)CCC(=O)O. The number of amides is 1. The Labute approximate surface area is 117 Å². The van der Waals surface area contributed by atoms with Gasteiger partial charge in [0.2, 0.25) is 5.91 Å². The summed E-state index contributed by atoms with van der Waals surface area (Å²) in [6.45, 7) is 1.82. The Morgan fingerprint density at radius 2 is 2.05 bits per heavy atom. The van der Waals surface area contributed by atoms with E-state index in [2.05, 4.69) is 5.32 Å². The molecule has 0 saturated carbocycles. The lowest BCUT2D eigenvalue weighted by atomic mass is 10.1. The van der Waals surface area contributed by atoms with Gasteiger partial charge in [-0.3, -0.25) is 9.59 Å². The Morgan fingerprint density at radius 1 is 1.40 bits per heavy atom. The third-order valence-corrected chi connectivity index (χ3v) is 2.97. The van der Waals surface area contributed by atoms with Gasteiger partial charge < -0.3 is 20.9 Å². The van der Waals surface area contributed by atoms with Crippen molar-refractivity contribution in [1.29, 1.82) is 0 Å². The van der Waals surface area contributed by atoms with Crippen LogP contribution in [0.5, 0.6) is 5.75 Å². The van der Waals surface area contributed by atoms with Crippen molar-refractivity contribution in [2.75, 3.05) is 7.11 Å². The summed E-state index contributed by atoms with van der Waals surface area (Å²) in [5.74, 6) is -0.657. The van der Waals surface area contributed by atoms with E-state index in [4.69, 9.17) is 15.6 Å². The van der Waals surface area contributed by atoms with Gasteiger partial charge in [-0.25, -0.2) is 0 Å². The summed E-state index contributed by atoms with van der Waals surface area (Å²) in [5.41, 5.74) is 6.50. The number of carbonyl (C=O) groups excluding carboxylic acids is 1. The Kier molecular flexibility index (Phi) is 5.99. The molecule has 0 heterocycles. The summed E-state index contributed by atoms with van der Waals surface area (Å²) in [4.78, 5) is 22.3. The maximum Gasteiger partial charge on any atom is 0.303 e. The molecule has 0 aliphatic carbocycles. The van der Waals surface area contributed by atoms with Crippen LogP contribution in [0.3, 0.4) is 0 Å². The molecule has 2 atom stereocenters. The lowest BCUT2D eigenvalue weighted by Crippen LogP contribution is -2.41. The second-order valence-corrected chi connectivity index (χ2v) is 4.51. The molecule has 1 aromatic rings. The summed E-state index contributed by atoms with van der Waals surface area (Å²) in [5, 5.41) is 11.3. The van der Waals surface area contributed by atoms with Crippen LogP contribution in [0.1, 0.15) is 31.4 Å². The van der Waals surface area contributed by atoms with Crippen molar-refractivity contribution < 1.29 is 19.4 Å². The molecule has 1 aromatic carbocycles. The Balaban J connectivity index is 2.63. The number of carbonyl (C=O) groups is 2. The maximum atomic E-state index is 11.9. The molecule has 0 fully saturated rings. The predicted molar refractivity (Wildman–Crippen MR) is 74.4 cm³/mol. The fraction of sp³-hybridized carbons (Fsp3) is 0.429. The summed E-state index contributed by atoms with van der Waals surface area (Å²) in [6.07, 6.45) is -0.0164. The molecule has 6 nitrogen and oxygen atoms in total. The van der Waals surface area contributed by atoms with Gasteiger partial charge in [-0.2, -0.15) is 0 Å². The lowest BCUT2D eigenvalue weighted by molar-refractivity contribution is -0.137. The van der Waals surface area contributed by atoms with Crippen LogP contribution in [0, 0.1) is 0 Å². The molecule has 0 spiro atoms. The third kappa shape index (κ3) is 4.55. The van der Waals surface area contributed by atoms with Gasteiger partial charge >= 0.3 is 5.97 Å². The second-order valence-electron chi connectivity index (χ2n) is 4.51. The minimum absolute atomic E-state index is 0.111. The van der Waals surface area contributed by atoms with Crippen molar-refractivity contribution in [3.8, 4) is 5.75 Å². The number of carboxylic acid groups (broad SMARTS) is 1. The first kappa shape index (κ1) is 16.0. The summed E-state index contributed by atoms with van der Waals surface area (Å²) in [6, 6.07) is 6.26. The fourth-order valence-electron chi connectivity index (χ4n) is 1.83. The smallest absolute Gasteiger partial charge is 0.303 e. The molecule has 4 N–H and O–H groups in total. The average molecular weight is 280 g/mol. The number of hydrogen-bond donors (Lipinski definition) is 3. The number of methoxy groups -OCH3 is 1. The number of nitrogens with one attached hydrogen (secondary N) is 1. The number of ether oxygens (including phenoxy) is 1. The van der Waals surface area contributed by atoms with Gasteiger partial charge in [-0.15, -0.1) is 0 Å². The second kappa shape index (κ2) is 7.49. The molecule has 110 valence electrons. The number of hydrogen-bond acceptors (Lipinski definition) is 4. The van der Waals surface area contributed by atoms with Crippen LogP contribution < -0.4 is 15.8 Å². The topological polar surface area (TPSA) is 102 Å². The molecule has 0 aromatic heterocycles. The quantitative estimate of drug-likeness (QED) is 0.693. The number of carboxylic acids is 1. The molecule has 0 bridgehead atoms. The molecule has 0 saturated heterocycles. The van der Waals surface area contributed by atoms with Crippen LogP contribution in [0.2, 0.25) is 0 Å². The molecule has 1 amide bonds.